The summed E-state index contributed by atoms with van der Waals surface area (Å²) in [6.45, 7) is 6.02. The summed E-state index contributed by atoms with van der Waals surface area (Å²) >= 11 is 3.58. The zero-order valence-electron chi connectivity index (χ0n) is 26.9. The van der Waals surface area contributed by atoms with Gasteiger partial charge in [-0.3, -0.25) is 29.0 Å². The van der Waals surface area contributed by atoms with Crippen molar-refractivity contribution in [1.82, 2.24) is 15.0 Å². The van der Waals surface area contributed by atoms with E-state index in [0.717, 1.165) is 31.5 Å². The molecule has 0 bridgehead atoms. The Morgan fingerprint density at radius 1 is 1.09 bits per heavy atom. The number of hydrogen-bond donors (Lipinski definition) is 2. The number of ether oxygens (including phenoxy) is 1. The molecule has 5 atom stereocenters. The predicted octanol–water partition coefficient (Wildman–Crippen LogP) is 4.86. The molecule has 3 aliphatic rings. The molecule has 0 spiro atoms. The molecular formula is C35H39BrFN3O7. The number of aromatic nitrogens is 1. The summed E-state index contributed by atoms with van der Waals surface area (Å²) in [6, 6.07) is 8.51. The molecule has 2 N–H and O–H groups in total. The number of hydrogen-bond acceptors (Lipinski definition) is 9. The Bertz CT molecular complexity index is 1780. The van der Waals surface area contributed by atoms with Gasteiger partial charge in [-0.25, -0.2) is 4.39 Å². The molecule has 6 rings (SSSR count). The molecule has 250 valence electrons. The molecule has 1 unspecified atom stereocenters. The number of H-pyrrole nitrogens is 1. The van der Waals surface area contributed by atoms with Crippen LogP contribution in [-0.4, -0.2) is 70.2 Å². The molecule has 0 amide bonds. The summed E-state index contributed by atoms with van der Waals surface area (Å²) in [5, 5.41) is 14.2. The lowest BCUT2D eigenvalue weighted by Crippen LogP contribution is -2.66. The van der Waals surface area contributed by atoms with Crippen molar-refractivity contribution in [3.63, 3.8) is 0 Å². The van der Waals surface area contributed by atoms with Gasteiger partial charge in [0, 0.05) is 23.6 Å². The van der Waals surface area contributed by atoms with Gasteiger partial charge in [-0.1, -0.05) is 44.2 Å². The van der Waals surface area contributed by atoms with E-state index < -0.39 is 63.7 Å². The molecule has 10 nitrogen and oxygen atoms in total. The van der Waals surface area contributed by atoms with Crippen LogP contribution in [0.4, 0.5) is 4.39 Å². The minimum atomic E-state index is -2.64. The van der Waals surface area contributed by atoms with Gasteiger partial charge in [0.2, 0.25) is 5.78 Å². The van der Waals surface area contributed by atoms with Crippen molar-refractivity contribution >= 4 is 33.3 Å². The van der Waals surface area contributed by atoms with Gasteiger partial charge >= 0.3 is 0 Å². The number of ketones is 3. The fourth-order valence-corrected chi connectivity index (χ4v) is 8.53. The standard InChI is InChI=1S/C35H39BrFN3O7/c1-5-12-40(13-6-2)16-21-26(36)30(46-17-18-10-8-7-9-11-18)24-20(27(21)37)14-19-15-22-28(39(3)4)31-25(34(44)38-47-31)33(43)35(22,45)32(42)23(19)29(24)41/h7-11,19,22-23,28,45H,5-6,12-17H2,1-4H3,(H,38,44)/t19-,22-,23?,28-,35-/m0/s1. The maximum Gasteiger partial charge on any atom is 0.291 e. The second-order valence-electron chi connectivity index (χ2n) is 13.1. The van der Waals surface area contributed by atoms with Crippen molar-refractivity contribution < 1.29 is 33.1 Å². The third-order valence-corrected chi connectivity index (χ3v) is 10.8. The molecule has 12 heteroatoms. The van der Waals surface area contributed by atoms with E-state index in [1.54, 1.807) is 19.0 Å². The van der Waals surface area contributed by atoms with E-state index in [2.05, 4.69) is 39.8 Å². The summed E-state index contributed by atoms with van der Waals surface area (Å²) in [5.74, 6) is -6.30. The first-order valence-electron chi connectivity index (χ1n) is 16.1. The molecular weight excluding hydrogens is 673 g/mol. The Kier molecular flexibility index (Phi) is 9.16. The highest BCUT2D eigenvalue weighted by atomic mass is 79.9. The number of aromatic amines is 1. The maximum atomic E-state index is 16.8. The molecule has 2 aromatic carbocycles. The van der Waals surface area contributed by atoms with Gasteiger partial charge in [0.05, 0.1) is 22.0 Å². The van der Waals surface area contributed by atoms with Gasteiger partial charge in [0.25, 0.3) is 5.56 Å². The average molecular weight is 713 g/mol. The smallest absolute Gasteiger partial charge is 0.291 e. The van der Waals surface area contributed by atoms with Gasteiger partial charge in [0.15, 0.2) is 22.9 Å². The maximum absolute atomic E-state index is 16.8. The first kappa shape index (κ1) is 33.5. The number of nitrogens with one attached hydrogen (secondary N) is 1. The number of benzene rings is 2. The van der Waals surface area contributed by atoms with E-state index in [9.17, 15) is 24.3 Å². The van der Waals surface area contributed by atoms with Crippen LogP contribution < -0.4 is 10.3 Å². The van der Waals surface area contributed by atoms with Crippen molar-refractivity contribution in [2.45, 2.75) is 64.3 Å². The molecule has 1 heterocycles. The summed E-state index contributed by atoms with van der Waals surface area (Å²) in [6.07, 6.45) is 1.83. The molecule has 1 saturated carbocycles. The van der Waals surface area contributed by atoms with Crippen molar-refractivity contribution in [2.75, 3.05) is 27.2 Å². The van der Waals surface area contributed by atoms with Crippen molar-refractivity contribution in [3.05, 3.63) is 84.6 Å². The van der Waals surface area contributed by atoms with Gasteiger partial charge < -0.3 is 14.4 Å². The number of nitrogens with zero attached hydrogens (tertiary/aromatic N) is 2. The first-order chi connectivity index (χ1) is 22.4. The molecule has 47 heavy (non-hydrogen) atoms. The van der Waals surface area contributed by atoms with Crippen LogP contribution in [0.3, 0.4) is 0 Å². The number of carbonyl (C=O) groups is 3. The van der Waals surface area contributed by atoms with E-state index in [0.29, 0.717) is 16.6 Å². The lowest BCUT2D eigenvalue weighted by Gasteiger charge is -2.50. The molecule has 0 radical (unpaired) electrons. The van der Waals surface area contributed by atoms with Crippen molar-refractivity contribution in [3.8, 4) is 5.75 Å². The molecule has 0 aliphatic heterocycles. The number of Topliss-reactive ketones (excluding diaryl/α,β-unsaturated/α-hetero) is 3. The summed E-state index contributed by atoms with van der Waals surface area (Å²) < 4.78 is 28.8. The summed E-state index contributed by atoms with van der Waals surface area (Å²) in [7, 11) is 3.38. The van der Waals surface area contributed by atoms with Crippen LogP contribution in [0.15, 0.2) is 44.1 Å². The van der Waals surface area contributed by atoms with Crippen molar-refractivity contribution in [2.24, 2.45) is 17.8 Å². The Hall–Kier alpha value is -3.45. The number of rotatable bonds is 10. The van der Waals surface area contributed by atoms with Crippen LogP contribution in [0.5, 0.6) is 5.75 Å². The van der Waals surface area contributed by atoms with E-state index in [1.165, 1.54) is 0 Å². The average Bonchev–Trinajstić information content (AvgIpc) is 3.42. The fourth-order valence-electron chi connectivity index (χ4n) is 7.92. The molecule has 3 aromatic rings. The topological polar surface area (TPSA) is 133 Å². The second kappa shape index (κ2) is 12.9. The van der Waals surface area contributed by atoms with Gasteiger partial charge in [-0.2, -0.15) is 5.16 Å². The Balaban J connectivity index is 1.48. The Morgan fingerprint density at radius 2 is 1.77 bits per heavy atom. The van der Waals surface area contributed by atoms with Crippen LogP contribution in [-0.2, 0) is 24.4 Å². The third-order valence-electron chi connectivity index (χ3n) is 9.93. The zero-order chi connectivity index (χ0) is 33.8. The van der Waals surface area contributed by atoms with E-state index in [-0.39, 0.29) is 42.1 Å². The molecule has 0 saturated heterocycles. The first-order valence-corrected chi connectivity index (χ1v) is 16.9. The van der Waals surface area contributed by atoms with Crippen LogP contribution in [0, 0.1) is 23.6 Å². The molecule has 1 fully saturated rings. The summed E-state index contributed by atoms with van der Waals surface area (Å²) in [4.78, 5) is 59.1. The lowest BCUT2D eigenvalue weighted by atomic mass is 9.54. The van der Waals surface area contributed by atoms with Crippen LogP contribution in [0.1, 0.15) is 82.3 Å². The minimum Gasteiger partial charge on any atom is -0.487 e. The monoisotopic (exact) mass is 711 g/mol. The highest BCUT2D eigenvalue weighted by molar-refractivity contribution is 9.10. The number of fused-ring (bicyclic) bond motifs is 4. The number of aliphatic hydroxyl groups is 1. The van der Waals surface area contributed by atoms with E-state index in [4.69, 9.17) is 9.26 Å². The zero-order valence-corrected chi connectivity index (χ0v) is 28.5. The second-order valence-corrected chi connectivity index (χ2v) is 13.9. The van der Waals surface area contributed by atoms with Crippen LogP contribution in [0.25, 0.3) is 0 Å². The fraction of sp³-hybridized carbons (Fsp3) is 0.486. The largest absolute Gasteiger partial charge is 0.487 e. The lowest BCUT2D eigenvalue weighted by molar-refractivity contribution is -0.153. The highest BCUT2D eigenvalue weighted by Crippen LogP contribution is 2.55. The van der Waals surface area contributed by atoms with Gasteiger partial charge in [0.1, 0.15) is 23.7 Å². The Labute approximate surface area is 280 Å². The van der Waals surface area contributed by atoms with E-state index >= 15 is 4.39 Å². The van der Waals surface area contributed by atoms with Crippen molar-refractivity contribution in [1.29, 1.82) is 0 Å². The van der Waals surface area contributed by atoms with Crippen LogP contribution in [0.2, 0.25) is 0 Å². The van der Waals surface area contributed by atoms with Gasteiger partial charge in [-0.05, 0) is 80.3 Å². The minimum absolute atomic E-state index is 0.0255. The normalized spacial score (nSPS) is 25.1. The predicted molar refractivity (Wildman–Crippen MR) is 174 cm³/mol. The number of carbonyl (C=O) groups excluding carboxylic acids is 3. The molecule has 1 aromatic heterocycles. The molecule has 3 aliphatic carbocycles. The Morgan fingerprint density at radius 3 is 2.40 bits per heavy atom. The van der Waals surface area contributed by atoms with E-state index in [1.807, 2.05) is 30.3 Å². The third kappa shape index (κ3) is 5.33. The highest BCUT2D eigenvalue weighted by Gasteiger charge is 2.67. The quantitative estimate of drug-likeness (QED) is 0.283. The van der Waals surface area contributed by atoms with Gasteiger partial charge in [-0.15, -0.1) is 0 Å². The summed E-state index contributed by atoms with van der Waals surface area (Å²) in [5.41, 5.74) is -2.61. The van der Waals surface area contributed by atoms with Crippen LogP contribution >= 0.6 is 15.9 Å². The number of halogens is 2. The SMILES string of the molecule is CCCN(CCC)Cc1c(F)c2c(c(OCc3ccccc3)c1Br)C(=O)C1C(=O)[C@]3(O)C(=O)c4c(o[nH]c4=O)[C@@H](N(C)C)[C@@H]3C[C@@H]1C2.